The number of benzene rings is 3. The number of unbranched alkanes of at least 4 members (excludes halogenated alkanes) is 6. The maximum Gasteiger partial charge on any atom is 0.343 e. The van der Waals surface area contributed by atoms with E-state index in [0.29, 0.717) is 79.0 Å². The van der Waals surface area contributed by atoms with Gasteiger partial charge in [-0.3, -0.25) is 29.0 Å². The minimum absolute atomic E-state index is 0.00274. The van der Waals surface area contributed by atoms with Crippen molar-refractivity contribution in [2.24, 2.45) is 0 Å². The van der Waals surface area contributed by atoms with Crippen molar-refractivity contribution in [1.29, 1.82) is 0 Å². The molecular weight excluding hydrogens is 985 g/mol. The van der Waals surface area contributed by atoms with Gasteiger partial charge in [0.15, 0.2) is 0 Å². The number of piperidine rings is 2. The number of nitrogens with zero attached hydrogens (tertiary/aromatic N) is 2. The predicted molar refractivity (Wildman–Crippen MR) is 292 cm³/mol. The molecule has 5 rings (SSSR count). The Balaban J connectivity index is 0.870. The Bertz CT molecular complexity index is 2390. The number of carbonyl (C=O) groups excluding carboxylic acids is 6. The van der Waals surface area contributed by atoms with Gasteiger partial charge in [0.25, 0.3) is 0 Å². The number of esters is 6. The van der Waals surface area contributed by atoms with Crippen LogP contribution in [0.5, 0.6) is 23.0 Å². The van der Waals surface area contributed by atoms with Crippen molar-refractivity contribution in [2.75, 3.05) is 40.5 Å². The van der Waals surface area contributed by atoms with Gasteiger partial charge in [0.1, 0.15) is 35.2 Å². The molecule has 0 atom stereocenters. The van der Waals surface area contributed by atoms with Crippen LogP contribution in [-0.2, 0) is 38.1 Å². The molecule has 0 radical (unpaired) electrons. The maximum atomic E-state index is 13.0. The van der Waals surface area contributed by atoms with Crippen molar-refractivity contribution in [3.8, 4) is 23.0 Å². The van der Waals surface area contributed by atoms with Gasteiger partial charge in [0.2, 0.25) is 0 Å². The number of ether oxygens (including phenoxy) is 8. The molecule has 16 heteroatoms. The number of hydrogen-bond donors (Lipinski definition) is 0. The number of rotatable bonds is 28. The van der Waals surface area contributed by atoms with Crippen LogP contribution in [0, 0.1) is 6.92 Å². The quantitative estimate of drug-likeness (QED) is 0.0289. The third kappa shape index (κ3) is 20.1. The summed E-state index contributed by atoms with van der Waals surface area (Å²) < 4.78 is 45.1. The van der Waals surface area contributed by atoms with Crippen LogP contribution in [0.3, 0.4) is 0 Å². The highest BCUT2D eigenvalue weighted by Crippen LogP contribution is 2.39. The molecular formula is C61H86N2O14. The monoisotopic (exact) mass is 1070 g/mol. The first-order valence-electron chi connectivity index (χ1n) is 27.5. The fraction of sp³-hybridized carbons (Fsp3) is 0.607. The van der Waals surface area contributed by atoms with E-state index in [1.165, 1.54) is 0 Å². The lowest BCUT2D eigenvalue weighted by atomic mass is 9.78. The molecule has 0 N–H and O–H groups in total. The Morgan fingerprint density at radius 1 is 0.442 bits per heavy atom. The summed E-state index contributed by atoms with van der Waals surface area (Å²) in [6.45, 7) is 20.5. The van der Waals surface area contributed by atoms with Gasteiger partial charge in [-0.05, 0) is 200 Å². The summed E-state index contributed by atoms with van der Waals surface area (Å²) in [6.07, 6.45) is 9.15. The molecule has 2 aliphatic heterocycles. The summed E-state index contributed by atoms with van der Waals surface area (Å²) in [5.74, 6) is -0.761. The topological polar surface area (TPSA) is 183 Å². The van der Waals surface area contributed by atoms with E-state index in [4.69, 9.17) is 37.9 Å². The molecule has 0 unspecified atom stereocenters. The molecule has 2 heterocycles. The van der Waals surface area contributed by atoms with Gasteiger partial charge in [0.05, 0.1) is 63.2 Å². The van der Waals surface area contributed by atoms with Gasteiger partial charge < -0.3 is 37.9 Å². The Kier molecular flexibility index (Phi) is 23.0. The average Bonchev–Trinajstić information content (AvgIpc) is 3.36. The Hall–Kier alpha value is -6.00. The van der Waals surface area contributed by atoms with E-state index in [9.17, 15) is 28.8 Å². The minimum Gasteiger partial charge on any atom is -0.494 e. The van der Waals surface area contributed by atoms with E-state index in [-0.39, 0.29) is 72.0 Å². The van der Waals surface area contributed by atoms with Gasteiger partial charge in [0, 0.05) is 47.8 Å². The summed E-state index contributed by atoms with van der Waals surface area (Å²) in [5, 5.41) is 0. The van der Waals surface area contributed by atoms with Crippen molar-refractivity contribution in [1.82, 2.24) is 9.80 Å². The molecule has 0 bridgehead atoms. The van der Waals surface area contributed by atoms with Gasteiger partial charge in [-0.2, -0.15) is 0 Å². The molecule has 2 fully saturated rings. The van der Waals surface area contributed by atoms with E-state index < -0.39 is 23.9 Å². The fourth-order valence-electron chi connectivity index (χ4n) is 10.1. The van der Waals surface area contributed by atoms with Gasteiger partial charge in [-0.15, -0.1) is 0 Å². The minimum atomic E-state index is -0.549. The normalized spacial score (nSPS) is 17.1. The van der Waals surface area contributed by atoms with Crippen LogP contribution in [0.15, 0.2) is 66.7 Å². The summed E-state index contributed by atoms with van der Waals surface area (Å²) >= 11 is 0. The molecule has 77 heavy (non-hydrogen) atoms. The molecule has 0 aliphatic carbocycles. The first-order valence-corrected chi connectivity index (χ1v) is 27.5. The highest BCUT2D eigenvalue weighted by atomic mass is 16.6. The smallest absolute Gasteiger partial charge is 0.343 e. The molecule has 2 saturated heterocycles. The summed E-state index contributed by atoms with van der Waals surface area (Å²) in [4.78, 5) is 80.0. The van der Waals surface area contributed by atoms with Crippen molar-refractivity contribution in [2.45, 2.75) is 199 Å². The number of likely N-dealkylation sites (tertiary alicyclic amines) is 2. The fourth-order valence-corrected chi connectivity index (χ4v) is 10.1. The molecule has 0 amide bonds. The second-order valence-corrected chi connectivity index (χ2v) is 23.1. The third-order valence-electron chi connectivity index (χ3n) is 15.1. The second kappa shape index (κ2) is 28.6. The zero-order valence-corrected chi connectivity index (χ0v) is 47.8. The van der Waals surface area contributed by atoms with Gasteiger partial charge in [-0.25, -0.2) is 9.59 Å². The zero-order valence-electron chi connectivity index (χ0n) is 47.8. The van der Waals surface area contributed by atoms with E-state index in [2.05, 4.69) is 79.3 Å². The number of carbonyl (C=O) groups is 6. The molecule has 2 aliphatic rings. The number of hydrogen-bond acceptors (Lipinski definition) is 16. The predicted octanol–water partition coefficient (Wildman–Crippen LogP) is 11.3. The SMILES string of the molecule is Cc1cc(OC(=O)c2ccc(OCCCCCCOC(=O)CCC(=O)OC3CC(C)(C)N(C)C(C)(C)C3)cc2)ccc1OC(=O)c1ccc(OCCCCCCOC(=O)CCC(=O)OC2CC(C)(C)N(C)C(C)(C)C2)cc1. The Morgan fingerprint density at radius 3 is 1.16 bits per heavy atom. The van der Waals surface area contributed by atoms with Crippen LogP contribution in [-0.4, -0.2) is 121 Å². The first-order chi connectivity index (χ1) is 36.3. The lowest BCUT2D eigenvalue weighted by molar-refractivity contribution is -0.162. The van der Waals surface area contributed by atoms with Crippen LogP contribution < -0.4 is 18.9 Å². The molecule has 0 aromatic heterocycles. The first kappa shape index (κ1) is 61.8. The third-order valence-corrected chi connectivity index (χ3v) is 15.1. The van der Waals surface area contributed by atoms with Gasteiger partial charge in [-0.1, -0.05) is 0 Å². The average molecular weight is 1070 g/mol. The van der Waals surface area contributed by atoms with Crippen LogP contribution in [0.4, 0.5) is 0 Å². The molecule has 0 spiro atoms. The van der Waals surface area contributed by atoms with Crippen molar-refractivity contribution in [3.63, 3.8) is 0 Å². The van der Waals surface area contributed by atoms with Crippen LogP contribution >= 0.6 is 0 Å². The molecule has 424 valence electrons. The highest BCUT2D eigenvalue weighted by molar-refractivity contribution is 5.92. The van der Waals surface area contributed by atoms with E-state index in [1.807, 2.05) is 0 Å². The summed E-state index contributed by atoms with van der Waals surface area (Å²) in [7, 11) is 4.20. The standard InChI is InChI=1S/C61H86N2O14/c1-43-38-48(76-56(68)44-20-24-46(25-21-44)70-34-16-12-14-18-36-72-52(64)30-32-54(66)74-49-39-58(2,3)62(10)59(4,5)40-49)28-29-51(43)77-57(69)45-22-26-47(27-23-45)71-35-17-13-15-19-37-73-53(65)31-33-55(67)75-50-41-60(6,7)63(11)61(8,9)42-50/h20-29,38,49-50H,12-19,30-37,39-42H2,1-11H3. The van der Waals surface area contributed by atoms with E-state index in [0.717, 1.165) is 64.2 Å². The number of aryl methyl sites for hydroxylation is 1. The van der Waals surface area contributed by atoms with Crippen LogP contribution in [0.2, 0.25) is 0 Å². The van der Waals surface area contributed by atoms with Crippen LogP contribution in [0.1, 0.15) is 184 Å². The lowest BCUT2D eigenvalue weighted by Gasteiger charge is -2.53. The van der Waals surface area contributed by atoms with Crippen molar-refractivity contribution >= 4 is 35.8 Å². The molecule has 3 aromatic carbocycles. The van der Waals surface area contributed by atoms with E-state index >= 15 is 0 Å². The Labute approximate surface area is 457 Å². The largest absolute Gasteiger partial charge is 0.494 e. The van der Waals surface area contributed by atoms with Crippen molar-refractivity contribution in [3.05, 3.63) is 83.4 Å². The van der Waals surface area contributed by atoms with E-state index in [1.54, 1.807) is 73.7 Å². The molecule has 3 aromatic rings. The molecule has 0 saturated carbocycles. The zero-order chi connectivity index (χ0) is 56.4. The van der Waals surface area contributed by atoms with Crippen LogP contribution in [0.25, 0.3) is 0 Å². The molecule has 16 nitrogen and oxygen atoms in total. The van der Waals surface area contributed by atoms with Gasteiger partial charge >= 0.3 is 35.8 Å². The Morgan fingerprint density at radius 2 is 0.779 bits per heavy atom. The maximum absolute atomic E-state index is 13.0. The summed E-state index contributed by atoms with van der Waals surface area (Å²) in [6, 6.07) is 18.2. The second-order valence-electron chi connectivity index (χ2n) is 23.1. The highest BCUT2D eigenvalue weighted by Gasteiger charge is 2.45. The summed E-state index contributed by atoms with van der Waals surface area (Å²) in [5.41, 5.74) is 0.910. The lowest BCUT2D eigenvalue weighted by Crippen LogP contribution is -2.60. The van der Waals surface area contributed by atoms with Crippen molar-refractivity contribution < 1.29 is 66.7 Å².